The topological polar surface area (TPSA) is 170 Å². The van der Waals surface area contributed by atoms with Gasteiger partial charge in [-0.1, -0.05) is 62.4 Å². The maximum Gasteiger partial charge on any atom is 0.320 e. The van der Waals surface area contributed by atoms with Crippen LogP contribution in [0, 0.1) is 5.92 Å². The fourth-order valence-electron chi connectivity index (χ4n) is 4.51. The molecule has 10 heteroatoms. The number of nitrogens with one attached hydrogen (secondary N) is 1. The zero-order chi connectivity index (χ0) is 29.7. The quantitative estimate of drug-likeness (QED) is 0.207. The Labute approximate surface area is 235 Å². The molecule has 3 rings (SSSR count). The number of benzene rings is 2. The summed E-state index contributed by atoms with van der Waals surface area (Å²) in [5, 5.41) is 30.2. The van der Waals surface area contributed by atoms with Crippen LogP contribution >= 0.6 is 0 Å². The van der Waals surface area contributed by atoms with E-state index >= 15 is 0 Å². The number of carboxylic acids is 3. The van der Waals surface area contributed by atoms with Gasteiger partial charge in [-0.05, 0) is 61.6 Å². The third-order valence-electron chi connectivity index (χ3n) is 6.67. The Balaban J connectivity index is 0.000000536. The van der Waals surface area contributed by atoms with Crippen molar-refractivity contribution in [1.82, 2.24) is 10.2 Å². The summed E-state index contributed by atoms with van der Waals surface area (Å²) in [6, 6.07) is 14.5. The molecule has 218 valence electrons. The molecule has 1 aliphatic rings. The van der Waals surface area contributed by atoms with Gasteiger partial charge in [-0.3, -0.25) is 24.5 Å². The number of hydrogen-bond donors (Lipinski definition) is 5. The van der Waals surface area contributed by atoms with Crippen LogP contribution < -0.4 is 11.1 Å². The van der Waals surface area contributed by atoms with Crippen molar-refractivity contribution >= 4 is 23.8 Å². The van der Waals surface area contributed by atoms with Crippen molar-refractivity contribution in [3.63, 3.8) is 0 Å². The number of nitrogens with zero attached hydrogens (tertiary/aromatic N) is 1. The first-order valence-electron chi connectivity index (χ1n) is 13.6. The fourth-order valence-corrected chi connectivity index (χ4v) is 4.51. The van der Waals surface area contributed by atoms with E-state index in [0.29, 0.717) is 57.5 Å². The number of fused-ring (bicyclic) bond motifs is 1. The van der Waals surface area contributed by atoms with Crippen molar-refractivity contribution in [1.29, 1.82) is 0 Å². The molecule has 0 bridgehead atoms. The van der Waals surface area contributed by atoms with E-state index in [1.807, 2.05) is 68.4 Å². The van der Waals surface area contributed by atoms with E-state index < -0.39 is 36.0 Å². The minimum absolute atomic E-state index is 0.00960. The lowest BCUT2D eigenvalue weighted by molar-refractivity contribution is -0.143. The fraction of sp³-hybridized carbons (Fsp3) is 0.467. The summed E-state index contributed by atoms with van der Waals surface area (Å²) >= 11 is 0. The number of carboxylic acid groups (broad SMARTS) is 3. The van der Waals surface area contributed by atoms with Crippen molar-refractivity contribution < 1.29 is 34.5 Å². The highest BCUT2D eigenvalue weighted by Crippen LogP contribution is 2.22. The van der Waals surface area contributed by atoms with Crippen molar-refractivity contribution in [2.75, 3.05) is 6.54 Å². The van der Waals surface area contributed by atoms with Crippen LogP contribution in [-0.2, 0) is 27.3 Å². The summed E-state index contributed by atoms with van der Waals surface area (Å²) in [7, 11) is 0. The van der Waals surface area contributed by atoms with Crippen LogP contribution in [0.2, 0.25) is 0 Å². The van der Waals surface area contributed by atoms with Gasteiger partial charge in [-0.25, -0.2) is 0 Å². The molecule has 40 heavy (non-hydrogen) atoms. The van der Waals surface area contributed by atoms with E-state index in [1.165, 1.54) is 0 Å². The Hall–Kier alpha value is -3.76. The predicted octanol–water partition coefficient (Wildman–Crippen LogP) is 3.39. The summed E-state index contributed by atoms with van der Waals surface area (Å²) in [5.41, 5.74) is 7.98. The molecule has 10 nitrogen and oxygen atoms in total. The van der Waals surface area contributed by atoms with Crippen LogP contribution in [0.3, 0.4) is 0 Å². The normalized spacial score (nSPS) is 14.6. The lowest BCUT2D eigenvalue weighted by atomic mass is 10.0. The Bertz CT molecular complexity index is 1120. The van der Waals surface area contributed by atoms with Crippen LogP contribution in [0.1, 0.15) is 67.4 Å². The van der Waals surface area contributed by atoms with Crippen LogP contribution in [0.25, 0.3) is 0 Å². The van der Waals surface area contributed by atoms with Gasteiger partial charge in [-0.2, -0.15) is 0 Å². The van der Waals surface area contributed by atoms with E-state index in [1.54, 1.807) is 4.90 Å². The molecule has 1 amide bonds. The molecule has 1 heterocycles. The first kappa shape index (κ1) is 32.5. The van der Waals surface area contributed by atoms with Gasteiger partial charge in [-0.15, -0.1) is 0 Å². The van der Waals surface area contributed by atoms with Crippen molar-refractivity contribution in [3.05, 3.63) is 71.3 Å². The highest BCUT2D eigenvalue weighted by molar-refractivity contribution is 5.98. The Morgan fingerprint density at radius 3 is 2.02 bits per heavy atom. The molecule has 0 saturated heterocycles. The second-order valence-corrected chi connectivity index (χ2v) is 10.4. The number of nitrogens with two attached hydrogens (primary N) is 1. The predicted molar refractivity (Wildman–Crippen MR) is 151 cm³/mol. The zero-order valence-electron chi connectivity index (χ0n) is 23.2. The van der Waals surface area contributed by atoms with Crippen LogP contribution in [-0.4, -0.2) is 68.7 Å². The molecule has 0 aromatic heterocycles. The molecule has 6 N–H and O–H groups in total. The second-order valence-electron chi connectivity index (χ2n) is 10.4. The van der Waals surface area contributed by atoms with Crippen molar-refractivity contribution in [2.24, 2.45) is 11.7 Å². The Morgan fingerprint density at radius 1 is 0.875 bits per heavy atom. The minimum atomic E-state index is -1.06. The highest BCUT2D eigenvalue weighted by Gasteiger charge is 2.28. The smallest absolute Gasteiger partial charge is 0.320 e. The number of aliphatic carboxylic acids is 3. The Kier molecular flexibility index (Phi) is 13.3. The summed E-state index contributed by atoms with van der Waals surface area (Å²) in [5.74, 6) is -2.66. The maximum atomic E-state index is 12.4. The first-order chi connectivity index (χ1) is 19.0. The number of rotatable bonds is 15. The summed E-state index contributed by atoms with van der Waals surface area (Å²) in [6.07, 6.45) is 2.95. The van der Waals surface area contributed by atoms with Gasteiger partial charge < -0.3 is 26.0 Å². The third-order valence-corrected chi connectivity index (χ3v) is 6.67. The molecule has 2 aromatic carbocycles. The van der Waals surface area contributed by atoms with E-state index in [9.17, 15) is 29.4 Å². The van der Waals surface area contributed by atoms with Gasteiger partial charge in [0.05, 0.1) is 0 Å². The molecule has 0 spiro atoms. The minimum Gasteiger partial charge on any atom is -0.480 e. The van der Waals surface area contributed by atoms with Crippen molar-refractivity contribution in [3.8, 4) is 0 Å². The molecule has 0 aliphatic carbocycles. The number of amides is 1. The molecule has 0 saturated carbocycles. The van der Waals surface area contributed by atoms with E-state index in [0.717, 1.165) is 16.7 Å². The standard InChI is InChI=1S/C24H28N2O5.C6H13NO2/c27-22-19-11-5-4-10-18(19)16-26(22)15-7-6-12-20(23(28)29)25-21(24(30)31)14-13-17-8-2-1-3-9-17;1-4(2)3-5(7)6(8)9/h1-5,8-11,20-21,25H,6-7,12-16H2,(H,28,29)(H,30,31);4-5H,3,7H2,1-2H3,(H,8,9)/t20-,21+;5-/m10/s1. The van der Waals surface area contributed by atoms with Crippen LogP contribution in [0.4, 0.5) is 0 Å². The number of carbonyl (C=O) groups excluding carboxylic acids is 1. The monoisotopic (exact) mass is 555 g/mol. The molecule has 0 fully saturated rings. The molecular weight excluding hydrogens is 514 g/mol. The number of aryl methyl sites for hydroxylation is 1. The summed E-state index contributed by atoms with van der Waals surface area (Å²) in [4.78, 5) is 47.6. The number of carbonyl (C=O) groups is 4. The lowest BCUT2D eigenvalue weighted by Crippen LogP contribution is -2.47. The van der Waals surface area contributed by atoms with Gasteiger partial charge in [0.1, 0.15) is 18.1 Å². The molecule has 1 aliphatic heterocycles. The lowest BCUT2D eigenvalue weighted by Gasteiger charge is -2.21. The highest BCUT2D eigenvalue weighted by atomic mass is 16.4. The van der Waals surface area contributed by atoms with Crippen LogP contribution in [0.5, 0.6) is 0 Å². The van der Waals surface area contributed by atoms with Gasteiger partial charge in [0.25, 0.3) is 5.91 Å². The van der Waals surface area contributed by atoms with E-state index in [4.69, 9.17) is 10.8 Å². The molecule has 0 radical (unpaired) electrons. The number of hydrogen-bond acceptors (Lipinski definition) is 6. The maximum absolute atomic E-state index is 12.4. The van der Waals surface area contributed by atoms with E-state index in [-0.39, 0.29) is 5.91 Å². The molecule has 0 unspecified atom stereocenters. The van der Waals surface area contributed by atoms with Crippen LogP contribution in [0.15, 0.2) is 54.6 Å². The summed E-state index contributed by atoms with van der Waals surface area (Å²) in [6.45, 7) is 5.03. The first-order valence-corrected chi connectivity index (χ1v) is 13.6. The average Bonchev–Trinajstić information content (AvgIpc) is 3.23. The largest absolute Gasteiger partial charge is 0.480 e. The van der Waals surface area contributed by atoms with Gasteiger partial charge in [0.15, 0.2) is 0 Å². The third kappa shape index (κ3) is 10.8. The van der Waals surface area contributed by atoms with Gasteiger partial charge >= 0.3 is 17.9 Å². The molecule has 3 atom stereocenters. The SMILES string of the molecule is CC(C)C[C@H](N)C(=O)O.O=C(O)[C@H](CCc1ccccc1)N[C@H](CCCCN1Cc2ccccc2C1=O)C(=O)O. The second kappa shape index (κ2) is 16.4. The Morgan fingerprint density at radius 2 is 1.48 bits per heavy atom. The molecule has 2 aromatic rings. The number of unbranched alkanes of at least 4 members (excludes halogenated alkanes) is 1. The van der Waals surface area contributed by atoms with E-state index in [2.05, 4.69) is 5.32 Å². The zero-order valence-corrected chi connectivity index (χ0v) is 23.2. The van der Waals surface area contributed by atoms with Gasteiger partial charge in [0.2, 0.25) is 0 Å². The summed E-state index contributed by atoms with van der Waals surface area (Å²) < 4.78 is 0. The molecular formula is C30H41N3O7. The van der Waals surface area contributed by atoms with Crippen molar-refractivity contribution in [2.45, 2.75) is 77.0 Å². The average molecular weight is 556 g/mol. The van der Waals surface area contributed by atoms with Gasteiger partial charge in [0, 0.05) is 18.7 Å².